The van der Waals surface area contributed by atoms with E-state index in [0.717, 1.165) is 30.6 Å². The monoisotopic (exact) mass is 338 g/mol. The van der Waals surface area contributed by atoms with Crippen molar-refractivity contribution in [2.24, 2.45) is 11.3 Å². The molecule has 0 aromatic heterocycles. The molecule has 1 amide bonds. The molecule has 1 aromatic carbocycles. The normalized spacial score (nSPS) is 26.2. The van der Waals surface area contributed by atoms with E-state index in [4.69, 9.17) is 4.74 Å². The fourth-order valence-electron chi connectivity index (χ4n) is 4.07. The Labute approximate surface area is 144 Å². The summed E-state index contributed by atoms with van der Waals surface area (Å²) in [6, 6.07) is 8.15. The minimum Gasteiger partial charge on any atom is -0.380 e. The number of methoxy groups -OCH3 is 1. The molecule has 1 saturated carbocycles. The Morgan fingerprint density at radius 1 is 1.35 bits per heavy atom. The summed E-state index contributed by atoms with van der Waals surface area (Å²) >= 11 is 0. The van der Waals surface area contributed by atoms with E-state index in [2.05, 4.69) is 22.8 Å². The van der Waals surface area contributed by atoms with Gasteiger partial charge in [-0.05, 0) is 36.4 Å². The van der Waals surface area contributed by atoms with E-state index in [1.54, 1.807) is 7.11 Å². The Morgan fingerprint density at radius 3 is 2.91 bits per heavy atom. The third kappa shape index (κ3) is 3.70. The van der Waals surface area contributed by atoms with Crippen molar-refractivity contribution in [2.75, 3.05) is 20.2 Å². The molecule has 2 atom stereocenters. The van der Waals surface area contributed by atoms with Crippen LogP contribution in [0, 0.1) is 11.3 Å². The van der Waals surface area contributed by atoms with Crippen LogP contribution in [0.15, 0.2) is 24.3 Å². The molecule has 1 heterocycles. The SMILES string of the molecule is COCc1ccccc1CNC(=O)[C@@]12CCCC[C@H]1CNC2.Cl. The minimum atomic E-state index is -0.172. The third-order valence-corrected chi connectivity index (χ3v) is 5.35. The summed E-state index contributed by atoms with van der Waals surface area (Å²) in [5.74, 6) is 0.741. The lowest BCUT2D eigenvalue weighted by Crippen LogP contribution is -2.47. The summed E-state index contributed by atoms with van der Waals surface area (Å²) in [6.07, 6.45) is 4.64. The van der Waals surface area contributed by atoms with E-state index in [1.807, 2.05) is 12.1 Å². The van der Waals surface area contributed by atoms with Gasteiger partial charge in [0.1, 0.15) is 0 Å². The summed E-state index contributed by atoms with van der Waals surface area (Å²) in [5.41, 5.74) is 2.12. The highest BCUT2D eigenvalue weighted by Gasteiger charge is 2.49. The van der Waals surface area contributed by atoms with Crippen molar-refractivity contribution in [2.45, 2.75) is 38.8 Å². The largest absolute Gasteiger partial charge is 0.380 e. The first-order chi connectivity index (χ1) is 10.8. The van der Waals surface area contributed by atoms with Gasteiger partial charge in [-0.15, -0.1) is 12.4 Å². The predicted molar refractivity (Wildman–Crippen MR) is 93.5 cm³/mol. The number of hydrogen-bond acceptors (Lipinski definition) is 3. The van der Waals surface area contributed by atoms with Crippen molar-refractivity contribution in [1.29, 1.82) is 0 Å². The number of nitrogens with one attached hydrogen (secondary N) is 2. The average molecular weight is 339 g/mol. The first kappa shape index (κ1) is 18.2. The summed E-state index contributed by atoms with van der Waals surface area (Å²) in [7, 11) is 1.70. The molecule has 2 N–H and O–H groups in total. The fraction of sp³-hybridized carbons (Fsp3) is 0.611. The molecule has 3 rings (SSSR count). The van der Waals surface area contributed by atoms with Crippen molar-refractivity contribution >= 4 is 18.3 Å². The highest BCUT2D eigenvalue weighted by Crippen LogP contribution is 2.43. The number of fused-ring (bicyclic) bond motifs is 1. The number of carbonyl (C=O) groups excluding carboxylic acids is 1. The standard InChI is InChI=1S/C18H26N2O2.ClH/c1-22-12-15-7-3-2-6-14(15)10-20-17(21)18-9-5-4-8-16(18)11-19-13-18;/h2-3,6-7,16,19H,4-5,8-13H2,1H3,(H,20,21);1H/t16-,18+;/m0./s1. The van der Waals surface area contributed by atoms with Crippen molar-refractivity contribution in [3.63, 3.8) is 0 Å². The van der Waals surface area contributed by atoms with Crippen LogP contribution in [0.2, 0.25) is 0 Å². The Hall–Kier alpha value is -1.10. The maximum absolute atomic E-state index is 12.9. The zero-order chi connectivity index (χ0) is 15.4. The van der Waals surface area contributed by atoms with E-state index < -0.39 is 0 Å². The number of halogens is 1. The highest BCUT2D eigenvalue weighted by molar-refractivity contribution is 5.85. The van der Waals surface area contributed by atoms with E-state index in [9.17, 15) is 4.79 Å². The molecule has 0 spiro atoms. The van der Waals surface area contributed by atoms with Gasteiger partial charge in [-0.1, -0.05) is 37.1 Å². The van der Waals surface area contributed by atoms with Crippen LogP contribution >= 0.6 is 12.4 Å². The molecule has 5 heteroatoms. The topological polar surface area (TPSA) is 50.4 Å². The Balaban J connectivity index is 0.00000192. The quantitative estimate of drug-likeness (QED) is 0.867. The number of benzene rings is 1. The van der Waals surface area contributed by atoms with Gasteiger partial charge in [-0.2, -0.15) is 0 Å². The predicted octanol–water partition coefficient (Wildman–Crippen LogP) is 2.65. The number of carbonyl (C=O) groups is 1. The molecule has 1 aromatic rings. The van der Waals surface area contributed by atoms with Gasteiger partial charge in [0.25, 0.3) is 0 Å². The maximum atomic E-state index is 12.9. The number of rotatable bonds is 5. The lowest BCUT2D eigenvalue weighted by molar-refractivity contribution is -0.134. The fourth-order valence-corrected chi connectivity index (χ4v) is 4.07. The molecule has 0 bridgehead atoms. The van der Waals surface area contributed by atoms with Crippen molar-refractivity contribution < 1.29 is 9.53 Å². The molecule has 0 unspecified atom stereocenters. The molecule has 2 aliphatic rings. The second-order valence-electron chi connectivity index (χ2n) is 6.61. The van der Waals surface area contributed by atoms with Crippen LogP contribution in [0.4, 0.5) is 0 Å². The van der Waals surface area contributed by atoms with Gasteiger partial charge in [0.2, 0.25) is 5.91 Å². The van der Waals surface area contributed by atoms with Gasteiger partial charge in [0, 0.05) is 20.2 Å². The molecular weight excluding hydrogens is 312 g/mol. The Bertz CT molecular complexity index is 538. The highest BCUT2D eigenvalue weighted by atomic mass is 35.5. The number of hydrogen-bond donors (Lipinski definition) is 2. The van der Waals surface area contributed by atoms with Crippen LogP contribution in [0.1, 0.15) is 36.8 Å². The molecular formula is C18H27ClN2O2. The van der Waals surface area contributed by atoms with E-state index in [1.165, 1.54) is 19.3 Å². The van der Waals surface area contributed by atoms with Gasteiger partial charge in [-0.25, -0.2) is 0 Å². The molecule has 1 aliphatic heterocycles. The molecule has 1 saturated heterocycles. The molecule has 128 valence electrons. The van der Waals surface area contributed by atoms with Gasteiger partial charge < -0.3 is 15.4 Å². The summed E-state index contributed by atoms with van der Waals surface area (Å²) < 4.78 is 5.24. The van der Waals surface area contributed by atoms with E-state index in [-0.39, 0.29) is 23.7 Å². The van der Waals surface area contributed by atoms with Crippen LogP contribution in [0.5, 0.6) is 0 Å². The molecule has 0 radical (unpaired) electrons. The van der Waals surface area contributed by atoms with Crippen molar-refractivity contribution in [3.8, 4) is 0 Å². The van der Waals surface area contributed by atoms with Crippen molar-refractivity contribution in [1.82, 2.24) is 10.6 Å². The van der Waals surface area contributed by atoms with Crippen LogP contribution in [0.25, 0.3) is 0 Å². The smallest absolute Gasteiger partial charge is 0.228 e. The third-order valence-electron chi connectivity index (χ3n) is 5.35. The van der Waals surface area contributed by atoms with Crippen molar-refractivity contribution in [3.05, 3.63) is 35.4 Å². The summed E-state index contributed by atoms with van der Waals surface area (Å²) in [4.78, 5) is 12.9. The minimum absolute atomic E-state index is 0. The van der Waals surface area contributed by atoms with Crippen LogP contribution in [0.3, 0.4) is 0 Å². The average Bonchev–Trinajstić information content (AvgIpc) is 2.99. The van der Waals surface area contributed by atoms with Gasteiger partial charge >= 0.3 is 0 Å². The lowest BCUT2D eigenvalue weighted by atomic mass is 9.67. The number of amides is 1. The van der Waals surface area contributed by atoms with E-state index >= 15 is 0 Å². The summed E-state index contributed by atoms with van der Waals surface area (Å²) in [6.45, 7) is 3.01. The molecule has 2 fully saturated rings. The lowest BCUT2D eigenvalue weighted by Gasteiger charge is -2.37. The maximum Gasteiger partial charge on any atom is 0.228 e. The zero-order valence-corrected chi connectivity index (χ0v) is 14.6. The number of ether oxygens (including phenoxy) is 1. The first-order valence-electron chi connectivity index (χ1n) is 8.31. The Morgan fingerprint density at radius 2 is 2.13 bits per heavy atom. The van der Waals surface area contributed by atoms with Gasteiger partial charge in [0.15, 0.2) is 0 Å². The second kappa shape index (κ2) is 8.13. The van der Waals surface area contributed by atoms with Gasteiger partial charge in [-0.3, -0.25) is 4.79 Å². The van der Waals surface area contributed by atoms with E-state index in [0.29, 0.717) is 19.1 Å². The first-order valence-corrected chi connectivity index (χ1v) is 8.31. The van der Waals surface area contributed by atoms with Crippen LogP contribution in [-0.4, -0.2) is 26.1 Å². The Kier molecular flexibility index (Phi) is 6.45. The molecule has 4 nitrogen and oxygen atoms in total. The molecule has 23 heavy (non-hydrogen) atoms. The van der Waals surface area contributed by atoms with Gasteiger partial charge in [0.05, 0.1) is 12.0 Å². The van der Waals surface area contributed by atoms with Crippen LogP contribution in [-0.2, 0) is 22.7 Å². The zero-order valence-electron chi connectivity index (χ0n) is 13.8. The molecule has 1 aliphatic carbocycles. The van der Waals surface area contributed by atoms with Crippen LogP contribution < -0.4 is 10.6 Å². The summed E-state index contributed by atoms with van der Waals surface area (Å²) in [5, 5.41) is 6.63. The second-order valence-corrected chi connectivity index (χ2v) is 6.61.